The molecular weight excluding hydrogens is 206 g/mol. The van der Waals surface area contributed by atoms with Crippen molar-refractivity contribution in [2.75, 3.05) is 26.2 Å². The Morgan fingerprint density at radius 2 is 2.50 bits per heavy atom. The van der Waals surface area contributed by atoms with Crippen LogP contribution in [0.4, 0.5) is 0 Å². The minimum absolute atomic E-state index is 0.0629. The number of nitrogens with zero attached hydrogens (tertiary/aromatic N) is 2. The van der Waals surface area contributed by atoms with Crippen molar-refractivity contribution in [2.24, 2.45) is 11.7 Å². The zero-order valence-corrected chi connectivity index (χ0v) is 9.69. The van der Waals surface area contributed by atoms with E-state index < -0.39 is 6.10 Å². The summed E-state index contributed by atoms with van der Waals surface area (Å²) in [5.74, 6) is -0.0460. The number of nitrogens with two attached hydrogens (primary N) is 1. The van der Waals surface area contributed by atoms with Crippen molar-refractivity contribution in [2.45, 2.75) is 25.9 Å². The molecule has 0 aromatic carbocycles. The molecule has 1 heterocycles. The lowest BCUT2D eigenvalue weighted by Gasteiger charge is -2.32. The van der Waals surface area contributed by atoms with Crippen LogP contribution in [0.5, 0.6) is 0 Å². The summed E-state index contributed by atoms with van der Waals surface area (Å²) >= 11 is 0. The normalized spacial score (nSPS) is 22.6. The highest BCUT2D eigenvalue weighted by molar-refractivity contribution is 5.79. The Morgan fingerprint density at radius 3 is 3.06 bits per heavy atom. The van der Waals surface area contributed by atoms with Crippen LogP contribution in [0.2, 0.25) is 0 Å². The minimum atomic E-state index is -0.488. The van der Waals surface area contributed by atoms with Crippen molar-refractivity contribution < 1.29 is 9.53 Å². The van der Waals surface area contributed by atoms with Crippen LogP contribution in [0.1, 0.15) is 19.8 Å². The second-order valence-corrected chi connectivity index (χ2v) is 3.99. The lowest BCUT2D eigenvalue weighted by molar-refractivity contribution is -0.141. The number of amides is 1. The van der Waals surface area contributed by atoms with Crippen LogP contribution in [0.25, 0.3) is 0 Å². The lowest BCUT2D eigenvalue weighted by atomic mass is 10.0. The van der Waals surface area contributed by atoms with Crippen LogP contribution in [0.15, 0.2) is 0 Å². The van der Waals surface area contributed by atoms with Crippen molar-refractivity contribution in [3.63, 3.8) is 0 Å². The monoisotopic (exact) mass is 225 g/mol. The summed E-state index contributed by atoms with van der Waals surface area (Å²) in [6, 6.07) is 2.03. The number of rotatable bonds is 4. The SMILES string of the molecule is CCCC(CN)C(=O)N1CCOC(C#N)C1. The van der Waals surface area contributed by atoms with E-state index in [2.05, 4.69) is 0 Å². The highest BCUT2D eigenvalue weighted by atomic mass is 16.5. The van der Waals surface area contributed by atoms with E-state index in [1.54, 1.807) is 4.90 Å². The van der Waals surface area contributed by atoms with E-state index >= 15 is 0 Å². The van der Waals surface area contributed by atoms with E-state index in [0.29, 0.717) is 26.2 Å². The number of ether oxygens (including phenoxy) is 1. The van der Waals surface area contributed by atoms with Gasteiger partial charge in [-0.1, -0.05) is 13.3 Å². The van der Waals surface area contributed by atoms with E-state index in [-0.39, 0.29) is 11.8 Å². The molecule has 1 rings (SSSR count). The molecule has 90 valence electrons. The van der Waals surface area contributed by atoms with Gasteiger partial charge in [-0.15, -0.1) is 0 Å². The van der Waals surface area contributed by atoms with Gasteiger partial charge in [-0.3, -0.25) is 4.79 Å². The number of hydrogen-bond donors (Lipinski definition) is 1. The van der Waals surface area contributed by atoms with Gasteiger partial charge in [0, 0.05) is 13.1 Å². The molecule has 0 bridgehead atoms. The van der Waals surface area contributed by atoms with Gasteiger partial charge >= 0.3 is 0 Å². The van der Waals surface area contributed by atoms with Gasteiger partial charge in [0.1, 0.15) is 0 Å². The van der Waals surface area contributed by atoms with Crippen LogP contribution in [-0.4, -0.2) is 43.2 Å². The molecular formula is C11H19N3O2. The van der Waals surface area contributed by atoms with Gasteiger partial charge < -0.3 is 15.4 Å². The average molecular weight is 225 g/mol. The molecule has 0 spiro atoms. The number of hydrogen-bond acceptors (Lipinski definition) is 4. The van der Waals surface area contributed by atoms with E-state index in [1.165, 1.54) is 0 Å². The fourth-order valence-corrected chi connectivity index (χ4v) is 1.88. The highest BCUT2D eigenvalue weighted by Gasteiger charge is 2.27. The number of carbonyl (C=O) groups is 1. The molecule has 5 heteroatoms. The van der Waals surface area contributed by atoms with Gasteiger partial charge in [-0.25, -0.2) is 0 Å². The molecule has 1 aliphatic rings. The first kappa shape index (κ1) is 12.9. The number of morpholine rings is 1. The predicted octanol–water partition coefficient (Wildman–Crippen LogP) is 0.112. The summed E-state index contributed by atoms with van der Waals surface area (Å²) in [7, 11) is 0. The summed E-state index contributed by atoms with van der Waals surface area (Å²) in [5.41, 5.74) is 5.59. The molecule has 1 aliphatic heterocycles. The maximum atomic E-state index is 12.1. The summed E-state index contributed by atoms with van der Waals surface area (Å²) in [6.45, 7) is 3.79. The minimum Gasteiger partial charge on any atom is -0.360 e. The van der Waals surface area contributed by atoms with Gasteiger partial charge in [0.15, 0.2) is 6.10 Å². The molecule has 2 atom stereocenters. The van der Waals surface area contributed by atoms with Crippen molar-refractivity contribution >= 4 is 5.91 Å². The number of carbonyl (C=O) groups excluding carboxylic acids is 1. The van der Waals surface area contributed by atoms with Gasteiger partial charge in [0.05, 0.1) is 25.1 Å². The van der Waals surface area contributed by atoms with E-state index in [4.69, 9.17) is 15.7 Å². The third-order valence-electron chi connectivity index (χ3n) is 2.79. The van der Waals surface area contributed by atoms with E-state index in [9.17, 15) is 4.79 Å². The Hall–Kier alpha value is -1.12. The van der Waals surface area contributed by atoms with Crippen LogP contribution in [0.3, 0.4) is 0 Å². The van der Waals surface area contributed by atoms with E-state index in [1.807, 2.05) is 13.0 Å². The molecule has 1 amide bonds. The third-order valence-corrected chi connectivity index (χ3v) is 2.79. The Kier molecular flexibility index (Phi) is 5.23. The lowest BCUT2D eigenvalue weighted by Crippen LogP contribution is -2.48. The van der Waals surface area contributed by atoms with Crippen LogP contribution in [-0.2, 0) is 9.53 Å². The molecule has 2 N–H and O–H groups in total. The van der Waals surface area contributed by atoms with Gasteiger partial charge in [-0.2, -0.15) is 5.26 Å². The highest BCUT2D eigenvalue weighted by Crippen LogP contribution is 2.12. The smallest absolute Gasteiger partial charge is 0.227 e. The molecule has 0 aliphatic carbocycles. The van der Waals surface area contributed by atoms with Gasteiger partial charge in [0.25, 0.3) is 0 Å². The molecule has 5 nitrogen and oxygen atoms in total. The first-order chi connectivity index (χ1) is 7.72. The molecule has 2 unspecified atom stereocenters. The fourth-order valence-electron chi connectivity index (χ4n) is 1.88. The molecule has 0 aromatic rings. The zero-order valence-electron chi connectivity index (χ0n) is 9.69. The standard InChI is InChI=1S/C11H19N3O2/c1-2-3-9(6-12)11(15)14-4-5-16-10(7-13)8-14/h9-10H,2-6,8,12H2,1H3. The Morgan fingerprint density at radius 1 is 1.75 bits per heavy atom. The molecule has 0 aromatic heterocycles. The second kappa shape index (κ2) is 6.46. The molecule has 0 radical (unpaired) electrons. The number of nitriles is 1. The summed E-state index contributed by atoms with van der Waals surface area (Å²) < 4.78 is 5.19. The van der Waals surface area contributed by atoms with Crippen molar-refractivity contribution in [1.82, 2.24) is 4.90 Å². The molecule has 16 heavy (non-hydrogen) atoms. The summed E-state index contributed by atoms with van der Waals surface area (Å²) in [4.78, 5) is 13.8. The van der Waals surface area contributed by atoms with Crippen LogP contribution in [0, 0.1) is 17.2 Å². The summed E-state index contributed by atoms with van der Waals surface area (Å²) in [5, 5.41) is 8.75. The Bertz CT molecular complexity index is 275. The molecule has 0 saturated carbocycles. The van der Waals surface area contributed by atoms with E-state index in [0.717, 1.165) is 12.8 Å². The average Bonchev–Trinajstić information content (AvgIpc) is 2.35. The fraction of sp³-hybridized carbons (Fsp3) is 0.818. The van der Waals surface area contributed by atoms with Gasteiger partial charge in [-0.05, 0) is 6.42 Å². The third kappa shape index (κ3) is 3.19. The van der Waals surface area contributed by atoms with Crippen LogP contribution < -0.4 is 5.73 Å². The maximum absolute atomic E-state index is 12.1. The van der Waals surface area contributed by atoms with Crippen molar-refractivity contribution in [3.05, 3.63) is 0 Å². The quantitative estimate of drug-likeness (QED) is 0.736. The second-order valence-electron chi connectivity index (χ2n) is 3.99. The first-order valence-corrected chi connectivity index (χ1v) is 5.73. The largest absolute Gasteiger partial charge is 0.360 e. The first-order valence-electron chi connectivity index (χ1n) is 5.73. The predicted molar refractivity (Wildman–Crippen MR) is 59.4 cm³/mol. The zero-order chi connectivity index (χ0) is 12.0. The summed E-state index contributed by atoms with van der Waals surface area (Å²) in [6.07, 6.45) is 1.27. The topological polar surface area (TPSA) is 79.3 Å². The van der Waals surface area contributed by atoms with Crippen LogP contribution >= 0.6 is 0 Å². The maximum Gasteiger partial charge on any atom is 0.227 e. The molecule has 1 saturated heterocycles. The molecule has 1 fully saturated rings. The van der Waals surface area contributed by atoms with Gasteiger partial charge in [0.2, 0.25) is 5.91 Å². The Balaban J connectivity index is 2.55. The van der Waals surface area contributed by atoms with Crippen molar-refractivity contribution in [3.8, 4) is 6.07 Å². The van der Waals surface area contributed by atoms with Crippen molar-refractivity contribution in [1.29, 1.82) is 5.26 Å². The Labute approximate surface area is 96.2 Å².